The molecule has 152 valence electrons. The summed E-state index contributed by atoms with van der Waals surface area (Å²) in [4.78, 5) is 0. The zero-order chi connectivity index (χ0) is 19.5. The number of nitrogens with zero attached hydrogens (tertiary/aromatic N) is 1. The Bertz CT molecular complexity index is 750. The molecule has 1 heterocycles. The lowest BCUT2D eigenvalue weighted by Gasteiger charge is -2.26. The van der Waals surface area contributed by atoms with Gasteiger partial charge in [-0.3, -0.25) is 0 Å². The average molecular weight is 382 g/mol. The van der Waals surface area contributed by atoms with E-state index in [1.54, 1.807) is 0 Å². The zero-order valence-electron chi connectivity index (χ0n) is 17.6. The molecule has 5 unspecified atom stereocenters. The molecule has 3 nitrogen and oxygen atoms in total. The Balaban J connectivity index is 1.41. The third-order valence-corrected chi connectivity index (χ3v) is 7.14. The minimum atomic E-state index is -0.234. The molecule has 0 saturated heterocycles. The summed E-state index contributed by atoms with van der Waals surface area (Å²) < 4.78 is 14.8. The number of benzene rings is 1. The summed E-state index contributed by atoms with van der Waals surface area (Å²) in [6.07, 6.45) is 9.40. The van der Waals surface area contributed by atoms with E-state index in [-0.39, 0.29) is 6.29 Å². The fourth-order valence-electron chi connectivity index (χ4n) is 5.09. The second-order valence-electron chi connectivity index (χ2n) is 9.01. The number of fused-ring (bicyclic) bond motifs is 2. The maximum Gasteiger partial charge on any atom is 0.205 e. The number of hydrogen-bond acceptors (Lipinski definition) is 2. The second kappa shape index (κ2) is 8.73. The molecule has 1 aromatic carbocycles. The predicted octanol–water partition coefficient (Wildman–Crippen LogP) is 5.94. The summed E-state index contributed by atoms with van der Waals surface area (Å²) in [7, 11) is 2.09. The van der Waals surface area contributed by atoms with Crippen LogP contribution >= 0.6 is 0 Å². The second-order valence-corrected chi connectivity index (χ2v) is 9.01. The first kappa shape index (κ1) is 19.6. The van der Waals surface area contributed by atoms with E-state index in [1.807, 2.05) is 0 Å². The SMILES string of the molecule is CCC(C)c1ccc(OC(Cc2cccn2C)OCC2CC3CCC2C3)cc1. The van der Waals surface area contributed by atoms with Crippen LogP contribution in [0.5, 0.6) is 5.75 Å². The monoisotopic (exact) mass is 381 g/mol. The van der Waals surface area contributed by atoms with Crippen LogP contribution in [0.2, 0.25) is 0 Å². The van der Waals surface area contributed by atoms with Gasteiger partial charge in [-0.15, -0.1) is 0 Å². The molecule has 4 rings (SSSR count). The standard InChI is InChI=1S/C25H35NO2/c1-4-18(2)20-9-11-24(12-10-20)28-25(16-23-6-5-13-26(23)3)27-17-22-15-19-7-8-21(22)14-19/h5-6,9-13,18-19,21-22,25H,4,7-8,14-17H2,1-3H3. The van der Waals surface area contributed by atoms with Crippen LogP contribution in [0.3, 0.4) is 0 Å². The number of aromatic nitrogens is 1. The summed E-state index contributed by atoms with van der Waals surface area (Å²) in [5, 5.41) is 0. The van der Waals surface area contributed by atoms with Gasteiger partial charge in [-0.1, -0.05) is 32.4 Å². The largest absolute Gasteiger partial charge is 0.465 e. The van der Waals surface area contributed by atoms with Gasteiger partial charge < -0.3 is 14.0 Å². The van der Waals surface area contributed by atoms with Gasteiger partial charge in [0.2, 0.25) is 6.29 Å². The molecule has 0 spiro atoms. The van der Waals surface area contributed by atoms with Crippen molar-refractivity contribution in [2.24, 2.45) is 24.8 Å². The first-order valence-corrected chi connectivity index (χ1v) is 11.1. The Morgan fingerprint density at radius 1 is 1.11 bits per heavy atom. The fourth-order valence-corrected chi connectivity index (χ4v) is 5.09. The van der Waals surface area contributed by atoms with Gasteiger partial charge in [0.1, 0.15) is 5.75 Å². The van der Waals surface area contributed by atoms with Gasteiger partial charge in [-0.2, -0.15) is 0 Å². The molecule has 2 aliphatic carbocycles. The normalized spacial score (nSPS) is 25.8. The minimum Gasteiger partial charge on any atom is -0.465 e. The lowest BCUT2D eigenvalue weighted by molar-refractivity contribution is -0.0959. The highest BCUT2D eigenvalue weighted by atomic mass is 16.7. The first-order chi connectivity index (χ1) is 13.6. The first-order valence-electron chi connectivity index (χ1n) is 11.1. The van der Waals surface area contributed by atoms with Crippen LogP contribution in [0.4, 0.5) is 0 Å². The molecule has 0 aliphatic heterocycles. The maximum atomic E-state index is 6.37. The van der Waals surface area contributed by atoms with Gasteiger partial charge in [-0.05, 0) is 79.2 Å². The zero-order valence-corrected chi connectivity index (χ0v) is 17.6. The van der Waals surface area contributed by atoms with Crippen molar-refractivity contribution >= 4 is 0 Å². The van der Waals surface area contributed by atoms with Gasteiger partial charge in [0.25, 0.3) is 0 Å². The lowest BCUT2D eigenvalue weighted by Crippen LogP contribution is -2.28. The Kier molecular flexibility index (Phi) is 6.10. The van der Waals surface area contributed by atoms with Crippen molar-refractivity contribution in [2.75, 3.05) is 6.61 Å². The van der Waals surface area contributed by atoms with E-state index >= 15 is 0 Å². The molecule has 2 aromatic rings. The summed E-state index contributed by atoms with van der Waals surface area (Å²) in [5.74, 6) is 4.06. The number of hydrogen-bond donors (Lipinski definition) is 0. The molecule has 1 aromatic heterocycles. The van der Waals surface area contributed by atoms with Crippen LogP contribution in [0, 0.1) is 17.8 Å². The van der Waals surface area contributed by atoms with Gasteiger partial charge in [0.15, 0.2) is 0 Å². The summed E-state index contributed by atoms with van der Waals surface area (Å²) in [6.45, 7) is 5.34. The highest BCUT2D eigenvalue weighted by Crippen LogP contribution is 2.48. The van der Waals surface area contributed by atoms with Crippen molar-refractivity contribution in [1.29, 1.82) is 0 Å². The van der Waals surface area contributed by atoms with E-state index in [0.29, 0.717) is 5.92 Å². The Morgan fingerprint density at radius 2 is 1.93 bits per heavy atom. The van der Waals surface area contributed by atoms with Crippen molar-refractivity contribution in [3.8, 4) is 5.75 Å². The molecular weight excluding hydrogens is 346 g/mol. The molecule has 2 bridgehead atoms. The van der Waals surface area contributed by atoms with Gasteiger partial charge >= 0.3 is 0 Å². The summed E-state index contributed by atoms with van der Waals surface area (Å²) in [5.41, 5.74) is 2.62. The molecular formula is C25H35NO2. The van der Waals surface area contributed by atoms with Crippen molar-refractivity contribution < 1.29 is 9.47 Å². The highest BCUT2D eigenvalue weighted by molar-refractivity contribution is 5.29. The van der Waals surface area contributed by atoms with Crippen LogP contribution in [0.15, 0.2) is 42.6 Å². The van der Waals surface area contributed by atoms with Crippen molar-refractivity contribution in [1.82, 2.24) is 4.57 Å². The Hall–Kier alpha value is -1.74. The summed E-state index contributed by atoms with van der Waals surface area (Å²) >= 11 is 0. The Labute approximate surface area is 170 Å². The van der Waals surface area contributed by atoms with E-state index in [2.05, 4.69) is 68.1 Å². The molecule has 28 heavy (non-hydrogen) atoms. The number of ether oxygens (including phenoxy) is 2. The third-order valence-electron chi connectivity index (χ3n) is 7.14. The topological polar surface area (TPSA) is 23.4 Å². The Morgan fingerprint density at radius 3 is 2.54 bits per heavy atom. The molecule has 0 radical (unpaired) electrons. The highest BCUT2D eigenvalue weighted by Gasteiger charge is 2.39. The number of aryl methyl sites for hydroxylation is 1. The average Bonchev–Trinajstić information content (AvgIpc) is 3.44. The van der Waals surface area contributed by atoms with Crippen LogP contribution < -0.4 is 4.74 Å². The van der Waals surface area contributed by atoms with Crippen LogP contribution in [-0.4, -0.2) is 17.5 Å². The van der Waals surface area contributed by atoms with Crippen LogP contribution in [0.25, 0.3) is 0 Å². The van der Waals surface area contributed by atoms with Crippen molar-refractivity contribution in [3.05, 3.63) is 53.9 Å². The minimum absolute atomic E-state index is 0.234. The smallest absolute Gasteiger partial charge is 0.205 e. The fraction of sp³-hybridized carbons (Fsp3) is 0.600. The van der Waals surface area contributed by atoms with E-state index in [4.69, 9.17) is 9.47 Å². The predicted molar refractivity (Wildman–Crippen MR) is 114 cm³/mol. The molecule has 0 amide bonds. The lowest BCUT2D eigenvalue weighted by atomic mass is 9.89. The van der Waals surface area contributed by atoms with E-state index in [1.165, 1.54) is 36.9 Å². The molecule has 2 saturated carbocycles. The van der Waals surface area contributed by atoms with Crippen LogP contribution in [-0.2, 0) is 18.2 Å². The molecule has 3 heteroatoms. The van der Waals surface area contributed by atoms with E-state index in [0.717, 1.165) is 43.0 Å². The summed E-state index contributed by atoms with van der Waals surface area (Å²) in [6, 6.07) is 12.8. The van der Waals surface area contributed by atoms with Crippen molar-refractivity contribution in [2.45, 2.75) is 64.6 Å². The maximum absolute atomic E-state index is 6.37. The van der Waals surface area contributed by atoms with Crippen molar-refractivity contribution in [3.63, 3.8) is 0 Å². The third kappa shape index (κ3) is 4.46. The van der Waals surface area contributed by atoms with Gasteiger partial charge in [0, 0.05) is 18.9 Å². The van der Waals surface area contributed by atoms with Gasteiger partial charge in [-0.25, -0.2) is 0 Å². The quantitative estimate of drug-likeness (QED) is 0.502. The molecule has 2 aliphatic rings. The van der Waals surface area contributed by atoms with Gasteiger partial charge in [0.05, 0.1) is 13.0 Å². The van der Waals surface area contributed by atoms with Crippen LogP contribution in [0.1, 0.15) is 63.1 Å². The molecule has 0 N–H and O–H groups in total. The molecule has 2 fully saturated rings. The number of rotatable bonds is 9. The molecule has 5 atom stereocenters. The van der Waals surface area contributed by atoms with E-state index < -0.39 is 0 Å². The van der Waals surface area contributed by atoms with E-state index in [9.17, 15) is 0 Å².